The van der Waals surface area contributed by atoms with E-state index in [9.17, 15) is 4.79 Å². The second-order valence-corrected chi connectivity index (χ2v) is 5.59. The highest BCUT2D eigenvalue weighted by molar-refractivity contribution is 5.98. The van der Waals surface area contributed by atoms with Gasteiger partial charge in [-0.25, -0.2) is 0 Å². The largest absolute Gasteiger partial charge is 0.338 e. The average molecular weight is 269 g/mol. The van der Waals surface area contributed by atoms with Crippen molar-refractivity contribution in [1.82, 2.24) is 9.88 Å². The second kappa shape index (κ2) is 5.21. The molecule has 1 saturated heterocycles. The minimum absolute atomic E-state index is 0.0921. The molecule has 0 spiro atoms. The molecule has 2 N–H and O–H groups in total. The monoisotopic (exact) mass is 269 g/mol. The van der Waals surface area contributed by atoms with Gasteiger partial charge in [0.05, 0.1) is 5.52 Å². The van der Waals surface area contributed by atoms with Crippen LogP contribution in [0.4, 0.5) is 0 Å². The number of nitrogens with two attached hydrogens (primary N) is 1. The lowest BCUT2D eigenvalue weighted by Crippen LogP contribution is -2.48. The summed E-state index contributed by atoms with van der Waals surface area (Å²) in [4.78, 5) is 18.7. The summed E-state index contributed by atoms with van der Waals surface area (Å²) in [6.45, 7) is 3.59. The van der Waals surface area contributed by atoms with Gasteiger partial charge in [0.2, 0.25) is 0 Å². The van der Waals surface area contributed by atoms with Crippen LogP contribution in [0.3, 0.4) is 0 Å². The Kier molecular flexibility index (Phi) is 3.40. The molecule has 2 aromatic rings. The van der Waals surface area contributed by atoms with Gasteiger partial charge < -0.3 is 10.6 Å². The van der Waals surface area contributed by atoms with Crippen molar-refractivity contribution < 1.29 is 4.79 Å². The molecular weight excluding hydrogens is 250 g/mol. The number of hydrogen-bond acceptors (Lipinski definition) is 3. The Balaban J connectivity index is 1.85. The molecule has 1 aromatic carbocycles. The van der Waals surface area contributed by atoms with Crippen LogP contribution in [0.25, 0.3) is 10.9 Å². The zero-order valence-corrected chi connectivity index (χ0v) is 11.6. The molecule has 0 bridgehead atoms. The van der Waals surface area contributed by atoms with E-state index in [1.165, 1.54) is 0 Å². The summed E-state index contributed by atoms with van der Waals surface area (Å²) >= 11 is 0. The lowest BCUT2D eigenvalue weighted by atomic mass is 9.94. The third-order valence-corrected chi connectivity index (χ3v) is 4.11. The summed E-state index contributed by atoms with van der Waals surface area (Å²) in [5, 5.41) is 1.00. The smallest absolute Gasteiger partial charge is 0.253 e. The third-order valence-electron chi connectivity index (χ3n) is 4.11. The number of aromatic nitrogens is 1. The van der Waals surface area contributed by atoms with Gasteiger partial charge in [-0.05, 0) is 36.6 Å². The predicted molar refractivity (Wildman–Crippen MR) is 79.4 cm³/mol. The number of pyridine rings is 1. The molecule has 1 fully saturated rings. The molecule has 0 radical (unpaired) electrons. The molecule has 1 aliphatic heterocycles. The van der Waals surface area contributed by atoms with Gasteiger partial charge in [0.25, 0.3) is 5.91 Å². The number of carbonyl (C=O) groups is 1. The van der Waals surface area contributed by atoms with Crippen molar-refractivity contribution >= 4 is 16.8 Å². The molecular formula is C16H19N3O. The molecule has 4 heteroatoms. The van der Waals surface area contributed by atoms with Crippen molar-refractivity contribution in [3.63, 3.8) is 0 Å². The Morgan fingerprint density at radius 2 is 2.25 bits per heavy atom. The van der Waals surface area contributed by atoms with E-state index in [0.29, 0.717) is 5.92 Å². The quantitative estimate of drug-likeness (QED) is 0.862. The molecule has 3 rings (SSSR count). The number of amides is 1. The Morgan fingerprint density at radius 1 is 1.40 bits per heavy atom. The van der Waals surface area contributed by atoms with Crippen molar-refractivity contribution in [2.24, 2.45) is 11.7 Å². The van der Waals surface area contributed by atoms with Crippen LogP contribution in [-0.4, -0.2) is 34.9 Å². The SMILES string of the molecule is CC1CN(C(=O)c2ccc3ncccc3c2)CCC1N. The van der Waals surface area contributed by atoms with Gasteiger partial charge in [0.15, 0.2) is 0 Å². The van der Waals surface area contributed by atoms with Crippen molar-refractivity contribution in [2.75, 3.05) is 13.1 Å². The average Bonchev–Trinajstić information content (AvgIpc) is 2.49. The Morgan fingerprint density at radius 3 is 3.05 bits per heavy atom. The van der Waals surface area contributed by atoms with Gasteiger partial charge in [0, 0.05) is 36.3 Å². The zero-order valence-electron chi connectivity index (χ0n) is 11.6. The zero-order chi connectivity index (χ0) is 14.1. The Hall–Kier alpha value is -1.94. The van der Waals surface area contributed by atoms with E-state index in [1.807, 2.05) is 35.2 Å². The van der Waals surface area contributed by atoms with E-state index in [4.69, 9.17) is 5.73 Å². The lowest BCUT2D eigenvalue weighted by molar-refractivity contribution is 0.0664. The molecule has 0 saturated carbocycles. The van der Waals surface area contributed by atoms with Crippen LogP contribution in [0.1, 0.15) is 23.7 Å². The fourth-order valence-corrected chi connectivity index (χ4v) is 2.74. The van der Waals surface area contributed by atoms with Gasteiger partial charge in [-0.2, -0.15) is 0 Å². The van der Waals surface area contributed by atoms with E-state index < -0.39 is 0 Å². The first-order valence-corrected chi connectivity index (χ1v) is 7.05. The van der Waals surface area contributed by atoms with Gasteiger partial charge in [-0.3, -0.25) is 9.78 Å². The van der Waals surface area contributed by atoms with Gasteiger partial charge in [-0.15, -0.1) is 0 Å². The van der Waals surface area contributed by atoms with Crippen LogP contribution >= 0.6 is 0 Å². The minimum Gasteiger partial charge on any atom is -0.338 e. The molecule has 1 aromatic heterocycles. The summed E-state index contributed by atoms with van der Waals surface area (Å²) in [5.74, 6) is 0.448. The normalized spacial score (nSPS) is 23.0. The van der Waals surface area contributed by atoms with E-state index in [0.717, 1.165) is 36.0 Å². The van der Waals surface area contributed by atoms with E-state index >= 15 is 0 Å². The fourth-order valence-electron chi connectivity index (χ4n) is 2.74. The molecule has 2 heterocycles. The van der Waals surface area contributed by atoms with Crippen LogP contribution in [-0.2, 0) is 0 Å². The Labute approximate surface area is 118 Å². The lowest BCUT2D eigenvalue weighted by Gasteiger charge is -2.35. The molecule has 4 nitrogen and oxygen atoms in total. The number of piperidine rings is 1. The molecule has 2 atom stereocenters. The topological polar surface area (TPSA) is 59.2 Å². The highest BCUT2D eigenvalue weighted by atomic mass is 16.2. The van der Waals surface area contributed by atoms with Crippen molar-refractivity contribution in [3.8, 4) is 0 Å². The first kappa shape index (κ1) is 13.1. The van der Waals surface area contributed by atoms with E-state index in [-0.39, 0.29) is 11.9 Å². The second-order valence-electron chi connectivity index (χ2n) is 5.59. The fraction of sp³-hybridized carbons (Fsp3) is 0.375. The maximum atomic E-state index is 12.6. The molecule has 1 aliphatic rings. The maximum Gasteiger partial charge on any atom is 0.253 e. The highest BCUT2D eigenvalue weighted by Crippen LogP contribution is 2.19. The van der Waals surface area contributed by atoms with Crippen molar-refractivity contribution in [3.05, 3.63) is 42.1 Å². The van der Waals surface area contributed by atoms with Gasteiger partial charge >= 0.3 is 0 Å². The maximum absolute atomic E-state index is 12.6. The summed E-state index contributed by atoms with van der Waals surface area (Å²) in [6.07, 6.45) is 2.64. The first-order valence-electron chi connectivity index (χ1n) is 7.05. The first-order chi connectivity index (χ1) is 9.65. The summed E-state index contributed by atoms with van der Waals surface area (Å²) in [6, 6.07) is 9.76. The molecule has 1 amide bonds. The highest BCUT2D eigenvalue weighted by Gasteiger charge is 2.26. The molecule has 2 unspecified atom stereocenters. The molecule has 104 valence electrons. The summed E-state index contributed by atoms with van der Waals surface area (Å²) in [7, 11) is 0. The van der Waals surface area contributed by atoms with Crippen LogP contribution in [0, 0.1) is 5.92 Å². The van der Waals surface area contributed by atoms with Gasteiger partial charge in [-0.1, -0.05) is 13.0 Å². The van der Waals surface area contributed by atoms with Gasteiger partial charge in [0.1, 0.15) is 0 Å². The third kappa shape index (κ3) is 2.39. The van der Waals surface area contributed by atoms with Crippen LogP contribution in [0.5, 0.6) is 0 Å². The summed E-state index contributed by atoms with van der Waals surface area (Å²) in [5.41, 5.74) is 7.65. The molecule has 0 aliphatic carbocycles. The molecule has 20 heavy (non-hydrogen) atoms. The summed E-state index contributed by atoms with van der Waals surface area (Å²) < 4.78 is 0. The number of hydrogen-bond donors (Lipinski definition) is 1. The number of fused-ring (bicyclic) bond motifs is 1. The van der Waals surface area contributed by atoms with Crippen molar-refractivity contribution in [2.45, 2.75) is 19.4 Å². The van der Waals surface area contributed by atoms with Crippen LogP contribution < -0.4 is 5.73 Å². The minimum atomic E-state index is 0.0921. The van der Waals surface area contributed by atoms with E-state index in [1.54, 1.807) is 6.20 Å². The van der Waals surface area contributed by atoms with Crippen LogP contribution in [0.2, 0.25) is 0 Å². The number of nitrogens with zero attached hydrogens (tertiary/aromatic N) is 2. The van der Waals surface area contributed by atoms with Crippen LogP contribution in [0.15, 0.2) is 36.5 Å². The number of rotatable bonds is 1. The Bertz CT molecular complexity index is 640. The number of benzene rings is 1. The number of likely N-dealkylation sites (tertiary alicyclic amines) is 1. The predicted octanol–water partition coefficient (Wildman–Crippen LogP) is 2.04. The van der Waals surface area contributed by atoms with E-state index in [2.05, 4.69) is 11.9 Å². The standard InChI is InChI=1S/C16H19N3O/c1-11-10-19(8-6-14(11)17)16(20)13-4-5-15-12(9-13)3-2-7-18-15/h2-5,7,9,11,14H,6,8,10,17H2,1H3. The van der Waals surface area contributed by atoms with Crippen molar-refractivity contribution in [1.29, 1.82) is 0 Å². The number of carbonyl (C=O) groups excluding carboxylic acids is 1.